The number of benzene rings is 2. The summed E-state index contributed by atoms with van der Waals surface area (Å²) in [7, 11) is 0. The van der Waals surface area contributed by atoms with Crippen LogP contribution in [-0.4, -0.2) is 21.7 Å². The van der Waals surface area contributed by atoms with Gasteiger partial charge in [0.15, 0.2) is 0 Å². The van der Waals surface area contributed by atoms with Gasteiger partial charge in [-0.05, 0) is 25.0 Å². The molecule has 1 aliphatic carbocycles. The van der Waals surface area contributed by atoms with Gasteiger partial charge >= 0.3 is 0 Å². The molecule has 3 aromatic rings. The van der Waals surface area contributed by atoms with E-state index in [1.807, 2.05) is 66.9 Å². The van der Waals surface area contributed by atoms with Crippen LogP contribution in [0.5, 0.6) is 0 Å². The number of para-hydroxylation sites is 1. The monoisotopic (exact) mass is 345 g/mol. The van der Waals surface area contributed by atoms with Crippen LogP contribution >= 0.6 is 0 Å². The maximum absolute atomic E-state index is 13.0. The Hall–Kier alpha value is -2.88. The second-order valence-electron chi connectivity index (χ2n) is 6.85. The van der Waals surface area contributed by atoms with Crippen LogP contribution in [0.4, 0.5) is 0 Å². The predicted molar refractivity (Wildman–Crippen MR) is 103 cm³/mol. The lowest BCUT2D eigenvalue weighted by molar-refractivity contribution is 0.0928. The number of hydrogen-bond acceptors (Lipinski definition) is 2. The Morgan fingerprint density at radius 1 is 0.923 bits per heavy atom. The highest BCUT2D eigenvalue weighted by molar-refractivity contribution is 6.00. The van der Waals surface area contributed by atoms with Crippen LogP contribution in [0.2, 0.25) is 0 Å². The molecule has 1 heterocycles. The minimum Gasteiger partial charge on any atom is -0.349 e. The molecule has 0 radical (unpaired) electrons. The van der Waals surface area contributed by atoms with Crippen molar-refractivity contribution in [3.05, 3.63) is 72.4 Å². The lowest BCUT2D eigenvalue weighted by atomic mass is 9.95. The van der Waals surface area contributed by atoms with Crippen LogP contribution < -0.4 is 5.32 Å². The first kappa shape index (κ1) is 16.6. The molecule has 1 amide bonds. The van der Waals surface area contributed by atoms with Crippen molar-refractivity contribution in [2.75, 3.05) is 0 Å². The molecule has 0 spiro atoms. The van der Waals surface area contributed by atoms with Gasteiger partial charge in [0, 0.05) is 17.8 Å². The van der Waals surface area contributed by atoms with E-state index in [4.69, 9.17) is 5.10 Å². The molecule has 1 saturated carbocycles. The van der Waals surface area contributed by atoms with E-state index in [9.17, 15) is 4.79 Å². The Kier molecular flexibility index (Phi) is 4.82. The third kappa shape index (κ3) is 3.54. The second-order valence-corrected chi connectivity index (χ2v) is 6.85. The number of nitrogens with zero attached hydrogens (tertiary/aromatic N) is 2. The van der Waals surface area contributed by atoms with Gasteiger partial charge in [-0.15, -0.1) is 0 Å². The summed E-state index contributed by atoms with van der Waals surface area (Å²) in [5, 5.41) is 7.94. The molecule has 4 heteroatoms. The van der Waals surface area contributed by atoms with Gasteiger partial charge in [0.25, 0.3) is 5.91 Å². The fourth-order valence-corrected chi connectivity index (χ4v) is 3.57. The van der Waals surface area contributed by atoms with Crippen molar-refractivity contribution in [3.8, 4) is 16.9 Å². The summed E-state index contributed by atoms with van der Waals surface area (Å²) in [6.45, 7) is 0. The molecule has 0 saturated heterocycles. The molecule has 1 fully saturated rings. The van der Waals surface area contributed by atoms with Crippen molar-refractivity contribution in [2.45, 2.75) is 38.1 Å². The Balaban J connectivity index is 1.69. The molecule has 0 bridgehead atoms. The maximum Gasteiger partial charge on any atom is 0.255 e. The lowest BCUT2D eigenvalue weighted by Crippen LogP contribution is -2.36. The molecular formula is C22H23N3O. The van der Waals surface area contributed by atoms with Gasteiger partial charge in [0.1, 0.15) is 5.69 Å². The fraction of sp³-hybridized carbons (Fsp3) is 0.273. The molecule has 2 aromatic carbocycles. The van der Waals surface area contributed by atoms with Gasteiger partial charge in [-0.2, -0.15) is 5.10 Å². The Morgan fingerprint density at radius 2 is 1.58 bits per heavy atom. The summed E-state index contributed by atoms with van der Waals surface area (Å²) in [6.07, 6.45) is 7.64. The lowest BCUT2D eigenvalue weighted by Gasteiger charge is -2.22. The number of nitrogens with one attached hydrogen (secondary N) is 1. The van der Waals surface area contributed by atoms with Crippen molar-refractivity contribution < 1.29 is 4.79 Å². The quantitative estimate of drug-likeness (QED) is 0.751. The van der Waals surface area contributed by atoms with E-state index >= 15 is 0 Å². The zero-order valence-electron chi connectivity index (χ0n) is 14.8. The molecule has 0 aliphatic heterocycles. The summed E-state index contributed by atoms with van der Waals surface area (Å²) >= 11 is 0. The van der Waals surface area contributed by atoms with E-state index in [1.54, 1.807) is 4.68 Å². The molecule has 0 atom stereocenters. The highest BCUT2D eigenvalue weighted by Gasteiger charge is 2.22. The molecule has 0 unspecified atom stereocenters. The fourth-order valence-electron chi connectivity index (χ4n) is 3.57. The molecule has 1 aliphatic rings. The molecule has 26 heavy (non-hydrogen) atoms. The third-order valence-electron chi connectivity index (χ3n) is 4.97. The van der Waals surface area contributed by atoms with Gasteiger partial charge in [-0.3, -0.25) is 4.79 Å². The number of amides is 1. The van der Waals surface area contributed by atoms with Crippen LogP contribution in [-0.2, 0) is 0 Å². The number of rotatable bonds is 4. The average Bonchev–Trinajstić information content (AvgIpc) is 3.16. The van der Waals surface area contributed by atoms with Gasteiger partial charge in [-0.1, -0.05) is 67.8 Å². The Labute approximate surface area is 153 Å². The SMILES string of the molecule is O=C(NC1CCCCC1)c1cn(-c2ccccc2)nc1-c1ccccc1. The summed E-state index contributed by atoms with van der Waals surface area (Å²) in [5.41, 5.74) is 3.26. The Bertz CT molecular complexity index is 865. The number of aromatic nitrogens is 2. The smallest absolute Gasteiger partial charge is 0.255 e. The summed E-state index contributed by atoms with van der Waals surface area (Å²) in [6, 6.07) is 20.1. The van der Waals surface area contributed by atoms with E-state index in [2.05, 4.69) is 5.32 Å². The van der Waals surface area contributed by atoms with Crippen LogP contribution in [0.1, 0.15) is 42.5 Å². The normalized spacial score (nSPS) is 14.9. The third-order valence-corrected chi connectivity index (χ3v) is 4.97. The van der Waals surface area contributed by atoms with Crippen molar-refractivity contribution in [2.24, 2.45) is 0 Å². The van der Waals surface area contributed by atoms with Crippen molar-refractivity contribution in [3.63, 3.8) is 0 Å². The number of carbonyl (C=O) groups is 1. The molecule has 132 valence electrons. The topological polar surface area (TPSA) is 46.9 Å². The number of hydrogen-bond donors (Lipinski definition) is 1. The van der Waals surface area contributed by atoms with Crippen molar-refractivity contribution in [1.82, 2.24) is 15.1 Å². The largest absolute Gasteiger partial charge is 0.349 e. The number of carbonyl (C=O) groups excluding carboxylic acids is 1. The highest BCUT2D eigenvalue weighted by Crippen LogP contribution is 2.25. The van der Waals surface area contributed by atoms with E-state index in [0.29, 0.717) is 5.56 Å². The standard InChI is InChI=1S/C22H23N3O/c26-22(23-18-12-6-2-7-13-18)20-16-25(19-14-8-3-9-15-19)24-21(20)17-10-4-1-5-11-17/h1,3-5,8-11,14-16,18H,2,6-7,12-13H2,(H,23,26). The maximum atomic E-state index is 13.0. The zero-order valence-corrected chi connectivity index (χ0v) is 14.8. The van der Waals surface area contributed by atoms with Crippen LogP contribution in [0.25, 0.3) is 16.9 Å². The Morgan fingerprint density at radius 3 is 2.27 bits per heavy atom. The van der Waals surface area contributed by atoms with Gasteiger partial charge in [-0.25, -0.2) is 4.68 Å². The van der Waals surface area contributed by atoms with Gasteiger partial charge < -0.3 is 5.32 Å². The van der Waals surface area contributed by atoms with Crippen LogP contribution in [0, 0.1) is 0 Å². The van der Waals surface area contributed by atoms with Crippen molar-refractivity contribution >= 4 is 5.91 Å². The van der Waals surface area contributed by atoms with E-state index < -0.39 is 0 Å². The summed E-state index contributed by atoms with van der Waals surface area (Å²) < 4.78 is 1.79. The first-order valence-corrected chi connectivity index (χ1v) is 9.32. The zero-order chi connectivity index (χ0) is 17.8. The van der Waals surface area contributed by atoms with Crippen molar-refractivity contribution in [1.29, 1.82) is 0 Å². The van der Waals surface area contributed by atoms with E-state index in [-0.39, 0.29) is 11.9 Å². The van der Waals surface area contributed by atoms with Gasteiger partial charge in [0.2, 0.25) is 0 Å². The first-order valence-electron chi connectivity index (χ1n) is 9.32. The minimum atomic E-state index is -0.0297. The average molecular weight is 345 g/mol. The van der Waals surface area contributed by atoms with Crippen LogP contribution in [0.3, 0.4) is 0 Å². The van der Waals surface area contributed by atoms with E-state index in [1.165, 1.54) is 19.3 Å². The van der Waals surface area contributed by atoms with Gasteiger partial charge in [0.05, 0.1) is 11.3 Å². The highest BCUT2D eigenvalue weighted by atomic mass is 16.1. The molecular weight excluding hydrogens is 322 g/mol. The summed E-state index contributed by atoms with van der Waals surface area (Å²) in [5.74, 6) is -0.0297. The minimum absolute atomic E-state index is 0.0297. The second kappa shape index (κ2) is 7.56. The molecule has 1 N–H and O–H groups in total. The molecule has 4 nitrogen and oxygen atoms in total. The predicted octanol–water partition coefficient (Wildman–Crippen LogP) is 4.60. The molecule has 1 aromatic heterocycles. The van der Waals surface area contributed by atoms with E-state index in [0.717, 1.165) is 29.8 Å². The first-order chi connectivity index (χ1) is 12.8. The van der Waals surface area contributed by atoms with Crippen LogP contribution in [0.15, 0.2) is 66.9 Å². The summed E-state index contributed by atoms with van der Waals surface area (Å²) in [4.78, 5) is 13.0. The molecule has 4 rings (SSSR count).